The minimum atomic E-state index is -3.05. The fraction of sp³-hybridized carbons (Fsp3) is 0.429. The van der Waals surface area contributed by atoms with Gasteiger partial charge in [0, 0.05) is 29.1 Å². The molecule has 1 aliphatic rings. The molecule has 162 valence electrons. The molecule has 0 bridgehead atoms. The lowest BCUT2D eigenvalue weighted by Crippen LogP contribution is -2.17. The van der Waals surface area contributed by atoms with Gasteiger partial charge >= 0.3 is 5.97 Å². The summed E-state index contributed by atoms with van der Waals surface area (Å²) in [4.78, 5) is 25.1. The van der Waals surface area contributed by atoms with E-state index < -0.39 is 22.4 Å². The number of nitrogens with zero attached hydrogens (tertiary/aromatic N) is 1. The van der Waals surface area contributed by atoms with Crippen molar-refractivity contribution in [2.45, 2.75) is 26.3 Å². The smallest absolute Gasteiger partial charge is 0.342 e. The summed E-state index contributed by atoms with van der Waals surface area (Å²) in [5, 5.41) is 0. The largest absolute Gasteiger partial charge is 0.497 e. The third-order valence-electron chi connectivity index (χ3n) is 5.32. The van der Waals surface area contributed by atoms with Gasteiger partial charge in [-0.2, -0.15) is 0 Å². The number of benzene rings is 1. The second-order valence-corrected chi connectivity index (χ2v) is 9.51. The standard InChI is InChI=1S/C21H25NO7S/c1-13-9-18(14(2)22(13)15-7-8-30(25,26)12-15)19(23)11-29-21(24)17-6-5-16(27-3)10-20(17)28-4/h5-6,9-10,15H,7-8,11-12H2,1-4H3. The van der Waals surface area contributed by atoms with Crippen LogP contribution in [0.15, 0.2) is 24.3 Å². The van der Waals surface area contributed by atoms with E-state index in [0.29, 0.717) is 23.4 Å². The van der Waals surface area contributed by atoms with Crippen LogP contribution in [0.3, 0.4) is 0 Å². The molecule has 1 saturated heterocycles. The first-order valence-corrected chi connectivity index (χ1v) is 11.3. The van der Waals surface area contributed by atoms with Gasteiger partial charge in [0.1, 0.15) is 17.1 Å². The van der Waals surface area contributed by atoms with Gasteiger partial charge in [-0.25, -0.2) is 13.2 Å². The highest BCUT2D eigenvalue weighted by molar-refractivity contribution is 7.91. The Kier molecular flexibility index (Phi) is 6.21. The number of esters is 1. The Morgan fingerprint density at radius 1 is 1.10 bits per heavy atom. The molecule has 0 radical (unpaired) electrons. The van der Waals surface area contributed by atoms with Crippen LogP contribution in [0.25, 0.3) is 0 Å². The van der Waals surface area contributed by atoms with Crippen molar-refractivity contribution in [3.63, 3.8) is 0 Å². The maximum atomic E-state index is 12.7. The van der Waals surface area contributed by atoms with Crippen LogP contribution in [0.2, 0.25) is 0 Å². The van der Waals surface area contributed by atoms with E-state index in [4.69, 9.17) is 14.2 Å². The van der Waals surface area contributed by atoms with E-state index in [1.807, 2.05) is 11.5 Å². The second-order valence-electron chi connectivity index (χ2n) is 7.28. The topological polar surface area (TPSA) is 101 Å². The van der Waals surface area contributed by atoms with Crippen LogP contribution < -0.4 is 9.47 Å². The van der Waals surface area contributed by atoms with Gasteiger partial charge in [-0.15, -0.1) is 0 Å². The molecule has 2 heterocycles. The first-order valence-electron chi connectivity index (χ1n) is 9.48. The Morgan fingerprint density at radius 3 is 2.43 bits per heavy atom. The Labute approximate surface area is 175 Å². The number of hydrogen-bond donors (Lipinski definition) is 0. The van der Waals surface area contributed by atoms with Crippen molar-refractivity contribution in [3.8, 4) is 11.5 Å². The molecule has 2 aromatic rings. The molecule has 8 nitrogen and oxygen atoms in total. The lowest BCUT2D eigenvalue weighted by atomic mass is 10.1. The maximum Gasteiger partial charge on any atom is 0.342 e. The van der Waals surface area contributed by atoms with E-state index in [9.17, 15) is 18.0 Å². The number of ether oxygens (including phenoxy) is 3. The number of aromatic nitrogens is 1. The minimum absolute atomic E-state index is 0.0727. The van der Waals surface area contributed by atoms with Gasteiger partial charge in [0.2, 0.25) is 5.78 Å². The molecule has 0 spiro atoms. The molecular weight excluding hydrogens is 410 g/mol. The molecule has 0 aliphatic carbocycles. The van der Waals surface area contributed by atoms with Gasteiger partial charge in [-0.1, -0.05) is 0 Å². The predicted octanol–water partition coefficient (Wildman–Crippen LogP) is 2.52. The molecule has 1 aromatic carbocycles. The number of hydrogen-bond acceptors (Lipinski definition) is 7. The van der Waals surface area contributed by atoms with Crippen LogP contribution in [-0.4, -0.2) is 57.1 Å². The minimum Gasteiger partial charge on any atom is -0.497 e. The molecule has 9 heteroatoms. The van der Waals surface area contributed by atoms with E-state index in [1.165, 1.54) is 20.3 Å². The van der Waals surface area contributed by atoms with Crippen LogP contribution in [-0.2, 0) is 14.6 Å². The lowest BCUT2D eigenvalue weighted by molar-refractivity contribution is 0.0471. The summed E-state index contributed by atoms with van der Waals surface area (Å²) in [6.45, 7) is 3.18. The zero-order valence-electron chi connectivity index (χ0n) is 17.4. The molecule has 0 N–H and O–H groups in total. The fourth-order valence-electron chi connectivity index (χ4n) is 3.85. The molecule has 30 heavy (non-hydrogen) atoms. The number of rotatable bonds is 7. The average Bonchev–Trinajstić information content (AvgIpc) is 3.22. The SMILES string of the molecule is COc1ccc(C(=O)OCC(=O)c2cc(C)n(C3CCS(=O)(=O)C3)c2C)c(OC)c1. The Morgan fingerprint density at radius 2 is 1.83 bits per heavy atom. The summed E-state index contributed by atoms with van der Waals surface area (Å²) in [5.74, 6) is 0.00517. The number of carbonyl (C=O) groups excluding carboxylic acids is 2. The molecule has 3 rings (SSSR count). The third-order valence-corrected chi connectivity index (χ3v) is 7.07. The molecule has 0 saturated carbocycles. The van der Waals surface area contributed by atoms with Gasteiger partial charge in [0.05, 0.1) is 25.7 Å². The first-order chi connectivity index (χ1) is 14.2. The number of Topliss-reactive ketones (excluding diaryl/α,β-unsaturated/α-hetero) is 1. The Balaban J connectivity index is 1.73. The normalized spacial score (nSPS) is 17.5. The van der Waals surface area contributed by atoms with E-state index in [2.05, 4.69) is 0 Å². The fourth-order valence-corrected chi connectivity index (χ4v) is 5.55. The number of sulfone groups is 1. The van der Waals surface area contributed by atoms with Crippen molar-refractivity contribution in [1.82, 2.24) is 4.57 Å². The number of carbonyl (C=O) groups is 2. The number of ketones is 1. The first kappa shape index (κ1) is 21.9. The molecule has 1 aromatic heterocycles. The number of aryl methyl sites for hydroxylation is 1. The molecule has 1 aliphatic heterocycles. The molecule has 0 amide bonds. The highest BCUT2D eigenvalue weighted by atomic mass is 32.2. The van der Waals surface area contributed by atoms with E-state index in [-0.39, 0.29) is 34.6 Å². The monoisotopic (exact) mass is 435 g/mol. The second kappa shape index (κ2) is 8.51. The summed E-state index contributed by atoms with van der Waals surface area (Å²) in [6.07, 6.45) is 0.526. The quantitative estimate of drug-likeness (QED) is 0.486. The van der Waals surface area contributed by atoms with E-state index >= 15 is 0 Å². The third kappa shape index (κ3) is 4.35. The van der Waals surface area contributed by atoms with Crippen molar-refractivity contribution in [1.29, 1.82) is 0 Å². The van der Waals surface area contributed by atoms with Crippen LogP contribution >= 0.6 is 0 Å². The van der Waals surface area contributed by atoms with Crippen molar-refractivity contribution in [2.24, 2.45) is 0 Å². The van der Waals surface area contributed by atoms with Crippen LogP contribution in [0.4, 0.5) is 0 Å². The van der Waals surface area contributed by atoms with Gasteiger partial charge in [-0.3, -0.25) is 4.79 Å². The molecular formula is C21H25NO7S. The van der Waals surface area contributed by atoms with Gasteiger partial charge < -0.3 is 18.8 Å². The van der Waals surface area contributed by atoms with Crippen LogP contribution in [0, 0.1) is 13.8 Å². The molecule has 1 unspecified atom stereocenters. The predicted molar refractivity (Wildman–Crippen MR) is 110 cm³/mol. The molecule has 1 fully saturated rings. The zero-order chi connectivity index (χ0) is 22.1. The van der Waals surface area contributed by atoms with Gasteiger partial charge in [0.25, 0.3) is 0 Å². The lowest BCUT2D eigenvalue weighted by Gasteiger charge is -2.16. The zero-order valence-corrected chi connectivity index (χ0v) is 18.2. The van der Waals surface area contributed by atoms with Gasteiger partial charge in [-0.05, 0) is 38.5 Å². The maximum absolute atomic E-state index is 12.7. The average molecular weight is 435 g/mol. The van der Waals surface area contributed by atoms with Crippen molar-refractivity contribution >= 4 is 21.6 Å². The number of methoxy groups -OCH3 is 2. The highest BCUT2D eigenvalue weighted by Gasteiger charge is 2.31. The van der Waals surface area contributed by atoms with E-state index in [1.54, 1.807) is 25.1 Å². The van der Waals surface area contributed by atoms with Crippen LogP contribution in [0.1, 0.15) is 44.6 Å². The Bertz CT molecular complexity index is 1090. The summed E-state index contributed by atoms with van der Waals surface area (Å²) >= 11 is 0. The van der Waals surface area contributed by atoms with Gasteiger partial charge in [0.15, 0.2) is 16.4 Å². The van der Waals surface area contributed by atoms with Crippen molar-refractivity contribution < 1.29 is 32.2 Å². The van der Waals surface area contributed by atoms with Crippen molar-refractivity contribution in [3.05, 3.63) is 46.8 Å². The van der Waals surface area contributed by atoms with E-state index in [0.717, 1.165) is 5.69 Å². The molecule has 1 atom stereocenters. The summed E-state index contributed by atoms with van der Waals surface area (Å²) in [6, 6.07) is 6.20. The highest BCUT2D eigenvalue weighted by Crippen LogP contribution is 2.29. The summed E-state index contributed by atoms with van der Waals surface area (Å²) in [7, 11) is -0.120. The summed E-state index contributed by atoms with van der Waals surface area (Å²) < 4.78 is 41.1. The Hall–Kier alpha value is -2.81. The van der Waals surface area contributed by atoms with Crippen LogP contribution in [0.5, 0.6) is 11.5 Å². The van der Waals surface area contributed by atoms with Crippen molar-refractivity contribution in [2.75, 3.05) is 32.3 Å². The summed E-state index contributed by atoms with van der Waals surface area (Å²) in [5.41, 5.74) is 2.10.